The van der Waals surface area contributed by atoms with Gasteiger partial charge in [0.1, 0.15) is 12.4 Å². The molecule has 0 fully saturated rings. The second-order valence-corrected chi connectivity index (χ2v) is 4.60. The average molecular weight is 274 g/mol. The second kappa shape index (κ2) is 6.23. The highest BCUT2D eigenvalue weighted by atomic mass is 16.5. The molecular formula is C15H18N2O3. The van der Waals surface area contributed by atoms with E-state index in [1.807, 2.05) is 44.2 Å². The lowest BCUT2D eigenvalue weighted by molar-refractivity contribution is -0.136. The summed E-state index contributed by atoms with van der Waals surface area (Å²) in [6.45, 7) is 4.82. The van der Waals surface area contributed by atoms with Crippen molar-refractivity contribution >= 4 is 5.97 Å². The monoisotopic (exact) mass is 274 g/mol. The molecule has 5 heteroatoms. The number of para-hydroxylation sites is 1. The van der Waals surface area contributed by atoms with Crippen molar-refractivity contribution in [3.63, 3.8) is 0 Å². The summed E-state index contributed by atoms with van der Waals surface area (Å²) in [5.41, 5.74) is 2.45. The van der Waals surface area contributed by atoms with Gasteiger partial charge in [-0.3, -0.25) is 9.48 Å². The molecule has 0 aliphatic rings. The molecule has 1 heterocycles. The SMILES string of the molecule is Cc1nn(CCOc2ccccc2)c(C)c1CC(=O)O. The van der Waals surface area contributed by atoms with E-state index in [-0.39, 0.29) is 6.42 Å². The lowest BCUT2D eigenvalue weighted by Gasteiger charge is -2.07. The van der Waals surface area contributed by atoms with Crippen LogP contribution in [0.3, 0.4) is 0 Å². The highest BCUT2D eigenvalue weighted by Gasteiger charge is 2.14. The molecule has 0 atom stereocenters. The molecule has 0 aliphatic carbocycles. The molecule has 1 aromatic carbocycles. The second-order valence-electron chi connectivity index (χ2n) is 4.60. The van der Waals surface area contributed by atoms with Crippen LogP contribution in [0.2, 0.25) is 0 Å². The maximum absolute atomic E-state index is 10.8. The highest BCUT2D eigenvalue weighted by Crippen LogP contribution is 2.14. The Morgan fingerprint density at radius 1 is 1.30 bits per heavy atom. The summed E-state index contributed by atoms with van der Waals surface area (Å²) in [5.74, 6) is -0.0175. The Labute approximate surface area is 117 Å². The van der Waals surface area contributed by atoms with Crippen LogP contribution in [0.5, 0.6) is 5.75 Å². The van der Waals surface area contributed by atoms with Crippen molar-refractivity contribution in [1.82, 2.24) is 9.78 Å². The van der Waals surface area contributed by atoms with Crippen molar-refractivity contribution in [3.8, 4) is 5.75 Å². The Morgan fingerprint density at radius 3 is 2.65 bits per heavy atom. The fourth-order valence-electron chi connectivity index (χ4n) is 2.13. The van der Waals surface area contributed by atoms with Crippen LogP contribution in [0, 0.1) is 13.8 Å². The quantitative estimate of drug-likeness (QED) is 0.877. The molecule has 0 spiro atoms. The third kappa shape index (κ3) is 3.38. The first kappa shape index (κ1) is 14.1. The summed E-state index contributed by atoms with van der Waals surface area (Å²) in [4.78, 5) is 10.8. The number of aliphatic carboxylic acids is 1. The van der Waals surface area contributed by atoms with Crippen LogP contribution < -0.4 is 4.74 Å². The van der Waals surface area contributed by atoms with Gasteiger partial charge in [0.2, 0.25) is 0 Å². The minimum absolute atomic E-state index is 0.0111. The normalized spacial score (nSPS) is 10.5. The number of aromatic nitrogens is 2. The summed E-state index contributed by atoms with van der Waals surface area (Å²) in [6.07, 6.45) is 0.0111. The molecule has 106 valence electrons. The molecule has 0 saturated heterocycles. The van der Waals surface area contributed by atoms with E-state index in [1.165, 1.54) is 0 Å². The smallest absolute Gasteiger partial charge is 0.307 e. The largest absolute Gasteiger partial charge is 0.492 e. The zero-order valence-corrected chi connectivity index (χ0v) is 11.7. The lowest BCUT2D eigenvalue weighted by Crippen LogP contribution is -2.11. The topological polar surface area (TPSA) is 64.4 Å². The first-order chi connectivity index (χ1) is 9.58. The third-order valence-corrected chi connectivity index (χ3v) is 3.17. The average Bonchev–Trinajstić information content (AvgIpc) is 2.67. The number of carbonyl (C=O) groups is 1. The fraction of sp³-hybridized carbons (Fsp3) is 0.333. The van der Waals surface area contributed by atoms with Gasteiger partial charge in [-0.2, -0.15) is 5.10 Å². The van der Waals surface area contributed by atoms with Crippen molar-refractivity contribution in [1.29, 1.82) is 0 Å². The molecule has 20 heavy (non-hydrogen) atoms. The predicted molar refractivity (Wildman–Crippen MR) is 75.0 cm³/mol. The van der Waals surface area contributed by atoms with Crippen LogP contribution in [-0.2, 0) is 17.8 Å². The summed E-state index contributed by atoms with van der Waals surface area (Å²) in [7, 11) is 0. The molecule has 0 radical (unpaired) electrons. The molecular weight excluding hydrogens is 256 g/mol. The number of hydrogen-bond acceptors (Lipinski definition) is 3. The molecule has 1 N–H and O–H groups in total. The van der Waals surface area contributed by atoms with Crippen LogP contribution in [0.4, 0.5) is 0 Å². The van der Waals surface area contributed by atoms with E-state index < -0.39 is 5.97 Å². The summed E-state index contributed by atoms with van der Waals surface area (Å²) >= 11 is 0. The number of aryl methyl sites for hydroxylation is 1. The molecule has 0 amide bonds. The Bertz CT molecular complexity index is 591. The third-order valence-electron chi connectivity index (χ3n) is 3.17. The Kier molecular flexibility index (Phi) is 4.40. The molecule has 2 aromatic rings. The van der Waals surface area contributed by atoms with E-state index >= 15 is 0 Å². The molecule has 5 nitrogen and oxygen atoms in total. The Balaban J connectivity index is 1.98. The number of carboxylic acids is 1. The van der Waals surface area contributed by atoms with E-state index in [1.54, 1.807) is 4.68 Å². The maximum Gasteiger partial charge on any atom is 0.307 e. The van der Waals surface area contributed by atoms with E-state index in [9.17, 15) is 4.79 Å². The van der Waals surface area contributed by atoms with E-state index in [0.29, 0.717) is 13.2 Å². The molecule has 0 unspecified atom stereocenters. The fourth-order valence-corrected chi connectivity index (χ4v) is 2.13. The Hall–Kier alpha value is -2.30. The summed E-state index contributed by atoms with van der Waals surface area (Å²) in [6, 6.07) is 9.58. The van der Waals surface area contributed by atoms with Gasteiger partial charge in [0, 0.05) is 11.3 Å². The molecule has 0 aliphatic heterocycles. The van der Waals surface area contributed by atoms with Gasteiger partial charge in [-0.15, -0.1) is 0 Å². The zero-order chi connectivity index (χ0) is 14.5. The van der Waals surface area contributed by atoms with Crippen molar-refractivity contribution in [3.05, 3.63) is 47.3 Å². The number of rotatable bonds is 6. The molecule has 2 rings (SSSR count). The van der Waals surface area contributed by atoms with E-state index in [4.69, 9.17) is 9.84 Å². The van der Waals surface area contributed by atoms with Crippen molar-refractivity contribution in [2.45, 2.75) is 26.8 Å². The van der Waals surface area contributed by atoms with Crippen LogP contribution in [-0.4, -0.2) is 27.5 Å². The number of carboxylic acid groups (broad SMARTS) is 1. The van der Waals surface area contributed by atoms with Gasteiger partial charge in [0.25, 0.3) is 0 Å². The van der Waals surface area contributed by atoms with Crippen molar-refractivity contribution in [2.24, 2.45) is 0 Å². The molecule has 0 saturated carbocycles. The number of nitrogens with zero attached hydrogens (tertiary/aromatic N) is 2. The minimum atomic E-state index is -0.837. The number of ether oxygens (including phenoxy) is 1. The van der Waals surface area contributed by atoms with E-state index in [0.717, 1.165) is 22.7 Å². The van der Waals surface area contributed by atoms with Crippen molar-refractivity contribution < 1.29 is 14.6 Å². The van der Waals surface area contributed by atoms with Gasteiger partial charge in [-0.1, -0.05) is 18.2 Å². The number of benzene rings is 1. The van der Waals surface area contributed by atoms with E-state index in [2.05, 4.69) is 5.10 Å². The zero-order valence-electron chi connectivity index (χ0n) is 11.7. The number of hydrogen-bond donors (Lipinski definition) is 1. The van der Waals surface area contributed by atoms with Gasteiger partial charge < -0.3 is 9.84 Å². The Morgan fingerprint density at radius 2 is 2.00 bits per heavy atom. The highest BCUT2D eigenvalue weighted by molar-refractivity contribution is 5.70. The standard InChI is InChI=1S/C15H18N2O3/c1-11-14(10-15(18)19)12(2)17(16-11)8-9-20-13-6-4-3-5-7-13/h3-7H,8-10H2,1-2H3,(H,18,19). The van der Waals surface area contributed by atoms with Gasteiger partial charge in [-0.25, -0.2) is 0 Å². The van der Waals surface area contributed by atoms with Gasteiger partial charge in [-0.05, 0) is 26.0 Å². The summed E-state index contributed by atoms with van der Waals surface area (Å²) in [5, 5.41) is 13.3. The van der Waals surface area contributed by atoms with Gasteiger partial charge in [0.05, 0.1) is 18.7 Å². The van der Waals surface area contributed by atoms with Crippen LogP contribution in [0.25, 0.3) is 0 Å². The maximum atomic E-state index is 10.8. The predicted octanol–water partition coefficient (Wildman–Crippen LogP) is 2.21. The minimum Gasteiger partial charge on any atom is -0.492 e. The summed E-state index contributed by atoms with van der Waals surface area (Å²) < 4.78 is 7.42. The first-order valence-corrected chi connectivity index (χ1v) is 6.50. The van der Waals surface area contributed by atoms with Crippen LogP contribution in [0.1, 0.15) is 17.0 Å². The lowest BCUT2D eigenvalue weighted by atomic mass is 10.1. The van der Waals surface area contributed by atoms with Crippen LogP contribution >= 0.6 is 0 Å². The van der Waals surface area contributed by atoms with Crippen LogP contribution in [0.15, 0.2) is 30.3 Å². The van der Waals surface area contributed by atoms with Crippen molar-refractivity contribution in [2.75, 3.05) is 6.61 Å². The van der Waals surface area contributed by atoms with Gasteiger partial charge >= 0.3 is 5.97 Å². The first-order valence-electron chi connectivity index (χ1n) is 6.50. The molecule has 1 aromatic heterocycles. The molecule has 0 bridgehead atoms. The van der Waals surface area contributed by atoms with Gasteiger partial charge in [0.15, 0.2) is 0 Å².